The van der Waals surface area contributed by atoms with Crippen molar-refractivity contribution in [2.24, 2.45) is 0 Å². The predicted molar refractivity (Wildman–Crippen MR) is 69.6 cm³/mol. The van der Waals surface area contributed by atoms with Crippen LogP contribution in [0.2, 0.25) is 0 Å². The Morgan fingerprint density at radius 2 is 2.18 bits per heavy atom. The number of anilines is 1. The van der Waals surface area contributed by atoms with Gasteiger partial charge in [-0.15, -0.1) is 11.8 Å². The molecule has 92 valence electrons. The quantitative estimate of drug-likeness (QED) is 0.821. The fourth-order valence-electron chi connectivity index (χ4n) is 1.67. The molecule has 0 aromatic heterocycles. The minimum Gasteiger partial charge on any atom is -0.378 e. The lowest BCUT2D eigenvalue weighted by atomic mass is 10.3. The zero-order valence-electron chi connectivity index (χ0n) is 9.81. The maximum atomic E-state index is 11.9. The lowest BCUT2D eigenvalue weighted by Gasteiger charge is -2.26. The van der Waals surface area contributed by atoms with E-state index in [1.807, 2.05) is 30.5 Å². The van der Waals surface area contributed by atoms with E-state index in [0.29, 0.717) is 26.3 Å². The highest BCUT2D eigenvalue weighted by atomic mass is 32.2. The summed E-state index contributed by atoms with van der Waals surface area (Å²) in [6.07, 6.45) is 2.02. The number of carbonyl (C=O) groups is 1. The molecule has 5 heteroatoms. The van der Waals surface area contributed by atoms with Crippen molar-refractivity contribution < 1.29 is 9.53 Å². The van der Waals surface area contributed by atoms with E-state index in [4.69, 9.17) is 4.74 Å². The molecule has 1 saturated heterocycles. The number of nitrogens with one attached hydrogen (secondary N) is 1. The number of nitrogens with zero attached hydrogens (tertiary/aromatic N) is 1. The molecule has 1 N–H and O–H groups in total. The van der Waals surface area contributed by atoms with Gasteiger partial charge in [0.25, 0.3) is 0 Å². The summed E-state index contributed by atoms with van der Waals surface area (Å²) in [5.41, 5.74) is 0.841. The fourth-order valence-corrected chi connectivity index (χ4v) is 2.13. The second kappa shape index (κ2) is 5.93. The Hall–Kier alpha value is -1.20. The first-order valence-corrected chi connectivity index (χ1v) is 6.80. The molecule has 1 fully saturated rings. The van der Waals surface area contributed by atoms with Gasteiger partial charge < -0.3 is 15.0 Å². The number of urea groups is 1. The second-order valence-corrected chi connectivity index (χ2v) is 4.64. The van der Waals surface area contributed by atoms with Crippen molar-refractivity contribution in [3.8, 4) is 0 Å². The minimum absolute atomic E-state index is 0.0495. The molecular formula is C12H16N2O2S. The van der Waals surface area contributed by atoms with Gasteiger partial charge in [-0.25, -0.2) is 4.79 Å². The summed E-state index contributed by atoms with van der Waals surface area (Å²) in [5.74, 6) is 0. The Kier molecular flexibility index (Phi) is 4.28. The van der Waals surface area contributed by atoms with Crippen LogP contribution in [0.1, 0.15) is 0 Å². The topological polar surface area (TPSA) is 41.6 Å². The van der Waals surface area contributed by atoms with E-state index < -0.39 is 0 Å². The third-order valence-corrected chi connectivity index (χ3v) is 3.34. The van der Waals surface area contributed by atoms with Crippen LogP contribution in [0.5, 0.6) is 0 Å². The molecule has 0 bridgehead atoms. The molecule has 0 spiro atoms. The zero-order chi connectivity index (χ0) is 12.1. The van der Waals surface area contributed by atoms with Crippen molar-refractivity contribution in [1.29, 1.82) is 0 Å². The molecule has 0 unspecified atom stereocenters. The summed E-state index contributed by atoms with van der Waals surface area (Å²) in [6.45, 7) is 2.57. The predicted octanol–water partition coefficient (Wildman–Crippen LogP) is 2.27. The molecular weight excluding hydrogens is 236 g/mol. The molecule has 0 aliphatic carbocycles. The highest BCUT2D eigenvalue weighted by Gasteiger charge is 2.16. The average Bonchev–Trinajstić information content (AvgIpc) is 2.40. The Morgan fingerprint density at radius 3 is 2.88 bits per heavy atom. The number of morpholine rings is 1. The van der Waals surface area contributed by atoms with E-state index in [1.165, 1.54) is 0 Å². The van der Waals surface area contributed by atoms with Gasteiger partial charge in [0.1, 0.15) is 0 Å². The van der Waals surface area contributed by atoms with E-state index >= 15 is 0 Å². The summed E-state index contributed by atoms with van der Waals surface area (Å²) < 4.78 is 5.21. The van der Waals surface area contributed by atoms with Gasteiger partial charge in [-0.05, 0) is 24.5 Å². The van der Waals surface area contributed by atoms with Crippen LogP contribution in [0.15, 0.2) is 29.2 Å². The van der Waals surface area contributed by atoms with Gasteiger partial charge in [0.05, 0.1) is 13.2 Å². The van der Waals surface area contributed by atoms with Crippen molar-refractivity contribution in [2.75, 3.05) is 37.9 Å². The summed E-state index contributed by atoms with van der Waals surface area (Å²) >= 11 is 1.66. The maximum Gasteiger partial charge on any atom is 0.322 e. The second-order valence-electron chi connectivity index (χ2n) is 3.76. The lowest BCUT2D eigenvalue weighted by Crippen LogP contribution is -2.43. The van der Waals surface area contributed by atoms with Crippen LogP contribution in [-0.4, -0.2) is 43.5 Å². The summed E-state index contributed by atoms with van der Waals surface area (Å²) in [5, 5.41) is 2.90. The molecule has 1 aromatic carbocycles. The zero-order valence-corrected chi connectivity index (χ0v) is 10.6. The molecule has 1 aromatic rings. The summed E-state index contributed by atoms with van der Waals surface area (Å²) in [7, 11) is 0. The van der Waals surface area contributed by atoms with Gasteiger partial charge in [-0.2, -0.15) is 0 Å². The molecule has 17 heavy (non-hydrogen) atoms. The van der Waals surface area contributed by atoms with Crippen molar-refractivity contribution in [3.63, 3.8) is 0 Å². The van der Waals surface area contributed by atoms with Crippen LogP contribution in [0.3, 0.4) is 0 Å². The number of benzene rings is 1. The molecule has 0 radical (unpaired) electrons. The smallest absolute Gasteiger partial charge is 0.322 e. The Bertz CT molecular complexity index is 392. The first-order chi connectivity index (χ1) is 8.29. The first kappa shape index (κ1) is 12.3. The van der Waals surface area contributed by atoms with Crippen LogP contribution >= 0.6 is 11.8 Å². The number of ether oxygens (including phenoxy) is 1. The van der Waals surface area contributed by atoms with Crippen LogP contribution in [-0.2, 0) is 4.74 Å². The summed E-state index contributed by atoms with van der Waals surface area (Å²) in [4.78, 5) is 14.8. The number of carbonyl (C=O) groups excluding carboxylic acids is 1. The van der Waals surface area contributed by atoms with E-state index in [-0.39, 0.29) is 6.03 Å². The normalized spacial score (nSPS) is 15.7. The Balaban J connectivity index is 1.96. The van der Waals surface area contributed by atoms with Crippen molar-refractivity contribution in [1.82, 2.24) is 4.90 Å². The first-order valence-electron chi connectivity index (χ1n) is 5.57. The maximum absolute atomic E-state index is 11.9. The molecule has 4 nitrogen and oxygen atoms in total. The number of hydrogen-bond donors (Lipinski definition) is 1. The molecule has 0 saturated carbocycles. The van der Waals surface area contributed by atoms with E-state index in [2.05, 4.69) is 5.32 Å². The molecule has 2 rings (SSSR count). The van der Waals surface area contributed by atoms with Crippen molar-refractivity contribution in [2.45, 2.75) is 4.90 Å². The van der Waals surface area contributed by atoms with Crippen molar-refractivity contribution in [3.05, 3.63) is 24.3 Å². The lowest BCUT2D eigenvalue weighted by molar-refractivity contribution is 0.0564. The van der Waals surface area contributed by atoms with Crippen molar-refractivity contribution >= 4 is 23.5 Å². The van der Waals surface area contributed by atoms with Crippen LogP contribution in [0.4, 0.5) is 10.5 Å². The third kappa shape index (κ3) is 3.38. The molecule has 1 aliphatic heterocycles. The van der Waals surface area contributed by atoms with Gasteiger partial charge in [0, 0.05) is 23.7 Å². The van der Waals surface area contributed by atoms with Crippen LogP contribution in [0.25, 0.3) is 0 Å². The van der Waals surface area contributed by atoms with Crippen LogP contribution in [0, 0.1) is 0 Å². The number of rotatable bonds is 2. The SMILES string of the molecule is CSc1cccc(NC(=O)N2CCOCC2)c1. The number of hydrogen-bond acceptors (Lipinski definition) is 3. The van der Waals surface area contributed by atoms with Gasteiger partial charge in [0.15, 0.2) is 0 Å². The van der Waals surface area contributed by atoms with E-state index in [9.17, 15) is 4.79 Å². The van der Waals surface area contributed by atoms with E-state index in [1.54, 1.807) is 16.7 Å². The number of thioether (sulfide) groups is 1. The molecule has 1 heterocycles. The minimum atomic E-state index is -0.0495. The molecule has 0 atom stereocenters. The number of amides is 2. The molecule has 2 amide bonds. The largest absolute Gasteiger partial charge is 0.378 e. The fraction of sp³-hybridized carbons (Fsp3) is 0.417. The van der Waals surface area contributed by atoms with Crippen LogP contribution < -0.4 is 5.32 Å². The highest BCUT2D eigenvalue weighted by Crippen LogP contribution is 2.19. The molecule has 1 aliphatic rings. The Labute approximate surface area is 105 Å². The third-order valence-electron chi connectivity index (χ3n) is 2.62. The Morgan fingerprint density at radius 1 is 1.41 bits per heavy atom. The van der Waals surface area contributed by atoms with Gasteiger partial charge in [-0.1, -0.05) is 6.07 Å². The standard InChI is InChI=1S/C12H16N2O2S/c1-17-11-4-2-3-10(9-11)13-12(15)14-5-7-16-8-6-14/h2-4,9H,5-8H2,1H3,(H,13,15). The van der Waals surface area contributed by atoms with Gasteiger partial charge in [-0.3, -0.25) is 0 Å². The average molecular weight is 252 g/mol. The highest BCUT2D eigenvalue weighted by molar-refractivity contribution is 7.98. The van der Waals surface area contributed by atoms with Gasteiger partial charge >= 0.3 is 6.03 Å². The van der Waals surface area contributed by atoms with Gasteiger partial charge in [0.2, 0.25) is 0 Å². The summed E-state index contributed by atoms with van der Waals surface area (Å²) in [6, 6.07) is 7.79. The monoisotopic (exact) mass is 252 g/mol. The van der Waals surface area contributed by atoms with E-state index in [0.717, 1.165) is 10.6 Å².